The van der Waals surface area contributed by atoms with Crippen LogP contribution < -0.4 is 0 Å². The van der Waals surface area contributed by atoms with Crippen molar-refractivity contribution in [2.75, 3.05) is 18.1 Å². The van der Waals surface area contributed by atoms with Gasteiger partial charge < -0.3 is 10.2 Å². The first-order chi connectivity index (χ1) is 5.20. The van der Waals surface area contributed by atoms with E-state index in [1.54, 1.807) is 11.8 Å². The molecule has 0 spiro atoms. The average molecular weight is 197 g/mol. The van der Waals surface area contributed by atoms with Crippen LogP contribution in [0.1, 0.15) is 6.92 Å². The molecule has 0 aliphatic heterocycles. The quantitative estimate of drug-likeness (QED) is 0.695. The van der Waals surface area contributed by atoms with Crippen molar-refractivity contribution in [2.45, 2.75) is 13.0 Å². The molecule has 2 nitrogen and oxygen atoms in total. The van der Waals surface area contributed by atoms with Gasteiger partial charge in [0, 0.05) is 17.0 Å². The minimum atomic E-state index is -0.608. The number of halogens is 1. The van der Waals surface area contributed by atoms with E-state index in [1.807, 2.05) is 6.92 Å². The van der Waals surface area contributed by atoms with Crippen LogP contribution in [-0.4, -0.2) is 34.4 Å². The molecule has 0 aliphatic carbocycles. The summed E-state index contributed by atoms with van der Waals surface area (Å²) < 4.78 is 0. The molecule has 0 fully saturated rings. The van der Waals surface area contributed by atoms with Crippen LogP contribution in [0.15, 0.2) is 11.1 Å². The Hall–Kier alpha value is 0.300. The van der Waals surface area contributed by atoms with Crippen molar-refractivity contribution in [3.8, 4) is 0 Å². The van der Waals surface area contributed by atoms with Crippen molar-refractivity contribution in [3.63, 3.8) is 0 Å². The van der Waals surface area contributed by atoms with Gasteiger partial charge in [-0.2, -0.15) is 11.8 Å². The average Bonchev–Trinajstić information content (AvgIpc) is 2.04. The summed E-state index contributed by atoms with van der Waals surface area (Å²) in [7, 11) is 0. The first kappa shape index (κ1) is 11.3. The number of thioether (sulfide) groups is 1. The minimum absolute atomic E-state index is 0.170. The van der Waals surface area contributed by atoms with Gasteiger partial charge in [0.15, 0.2) is 0 Å². The van der Waals surface area contributed by atoms with Crippen molar-refractivity contribution in [2.24, 2.45) is 0 Å². The molecule has 0 aromatic rings. The van der Waals surface area contributed by atoms with E-state index < -0.39 is 6.10 Å². The third-order valence-corrected chi connectivity index (χ3v) is 2.69. The van der Waals surface area contributed by atoms with Gasteiger partial charge in [-0.3, -0.25) is 0 Å². The molecule has 0 heterocycles. The highest BCUT2D eigenvalue weighted by molar-refractivity contribution is 7.99. The van der Waals surface area contributed by atoms with Crippen LogP contribution in [0.4, 0.5) is 0 Å². The Bertz CT molecular complexity index is 128. The van der Waals surface area contributed by atoms with Gasteiger partial charge in [0.1, 0.15) is 0 Å². The molecule has 0 saturated heterocycles. The Morgan fingerprint density at radius 1 is 1.73 bits per heavy atom. The second-order valence-corrected chi connectivity index (χ2v) is 3.56. The molecular weight excluding hydrogens is 184 g/mol. The monoisotopic (exact) mass is 196 g/mol. The van der Waals surface area contributed by atoms with E-state index in [0.29, 0.717) is 5.75 Å². The second kappa shape index (κ2) is 6.98. The molecule has 0 bridgehead atoms. The molecule has 0 rings (SSSR count). The zero-order chi connectivity index (χ0) is 8.69. The topological polar surface area (TPSA) is 40.5 Å². The predicted octanol–water partition coefficient (Wildman–Crippen LogP) is 1.22. The lowest BCUT2D eigenvalue weighted by molar-refractivity contribution is 0.113. The summed E-state index contributed by atoms with van der Waals surface area (Å²) in [6, 6.07) is 0. The van der Waals surface area contributed by atoms with Crippen molar-refractivity contribution in [1.29, 1.82) is 0 Å². The maximum Gasteiger partial charge on any atom is 0.0861 e. The van der Waals surface area contributed by atoms with Crippen LogP contribution in [0.3, 0.4) is 0 Å². The van der Waals surface area contributed by atoms with E-state index in [0.717, 1.165) is 11.3 Å². The first-order valence-corrected chi connectivity index (χ1v) is 4.92. The lowest BCUT2D eigenvalue weighted by Crippen LogP contribution is -2.14. The van der Waals surface area contributed by atoms with Crippen molar-refractivity contribution in [1.82, 2.24) is 0 Å². The van der Waals surface area contributed by atoms with Gasteiger partial charge in [-0.1, -0.05) is 17.2 Å². The van der Waals surface area contributed by atoms with Crippen LogP contribution in [0.5, 0.6) is 0 Å². The summed E-state index contributed by atoms with van der Waals surface area (Å²) >= 11 is 6.97. The molecule has 4 heteroatoms. The molecule has 1 unspecified atom stereocenters. The summed E-state index contributed by atoms with van der Waals surface area (Å²) in [5.41, 5.74) is 2.60. The molecule has 0 saturated carbocycles. The van der Waals surface area contributed by atoms with Crippen LogP contribution in [0.25, 0.3) is 0 Å². The Kier molecular flexibility index (Phi) is 7.17. The Morgan fingerprint density at radius 3 is 2.82 bits per heavy atom. The van der Waals surface area contributed by atoms with E-state index >= 15 is 0 Å². The molecule has 0 aromatic heterocycles. The lowest BCUT2D eigenvalue weighted by atomic mass is 10.4. The highest BCUT2D eigenvalue weighted by Crippen LogP contribution is 2.09. The fraction of sp³-hybridized carbons (Fsp3) is 0.714. The fourth-order valence-corrected chi connectivity index (χ4v) is 1.51. The summed E-state index contributed by atoms with van der Waals surface area (Å²) in [6.45, 7) is 1.75. The lowest BCUT2D eigenvalue weighted by Gasteiger charge is -2.05. The van der Waals surface area contributed by atoms with E-state index in [2.05, 4.69) is 0 Å². The predicted molar refractivity (Wildman–Crippen MR) is 50.0 cm³/mol. The maximum absolute atomic E-state index is 8.92. The number of aliphatic hydroxyl groups is 2. The first-order valence-electron chi connectivity index (χ1n) is 3.33. The highest BCUT2D eigenvalue weighted by atomic mass is 35.5. The largest absolute Gasteiger partial charge is 0.394 e. The van der Waals surface area contributed by atoms with Gasteiger partial charge in [0.25, 0.3) is 0 Å². The van der Waals surface area contributed by atoms with Crippen molar-refractivity contribution >= 4 is 23.4 Å². The van der Waals surface area contributed by atoms with Gasteiger partial charge >= 0.3 is 0 Å². The van der Waals surface area contributed by atoms with Crippen LogP contribution in [0.2, 0.25) is 0 Å². The zero-order valence-electron chi connectivity index (χ0n) is 6.46. The van der Waals surface area contributed by atoms with E-state index in [4.69, 9.17) is 21.8 Å². The van der Waals surface area contributed by atoms with Crippen molar-refractivity contribution < 1.29 is 10.2 Å². The maximum atomic E-state index is 8.92. The molecular formula is C7H13ClO2S. The molecule has 0 radical (unpaired) electrons. The third kappa shape index (κ3) is 6.69. The molecule has 0 aromatic carbocycles. The Morgan fingerprint density at radius 2 is 2.36 bits per heavy atom. The van der Waals surface area contributed by atoms with E-state index in [-0.39, 0.29) is 6.61 Å². The fourth-order valence-electron chi connectivity index (χ4n) is 0.440. The minimum Gasteiger partial charge on any atom is -0.394 e. The summed E-state index contributed by atoms with van der Waals surface area (Å²) in [6.07, 6.45) is -0.608. The number of hydrogen-bond acceptors (Lipinski definition) is 3. The molecule has 1 atom stereocenters. The van der Waals surface area contributed by atoms with Gasteiger partial charge in [-0.15, -0.1) is 0 Å². The summed E-state index contributed by atoms with van der Waals surface area (Å²) in [5.74, 6) is 1.36. The summed E-state index contributed by atoms with van der Waals surface area (Å²) in [4.78, 5) is 0. The molecule has 0 aliphatic rings. The van der Waals surface area contributed by atoms with Gasteiger partial charge in [0.2, 0.25) is 0 Å². The number of rotatable bonds is 5. The van der Waals surface area contributed by atoms with Gasteiger partial charge in [-0.05, 0) is 6.92 Å². The van der Waals surface area contributed by atoms with Crippen LogP contribution in [0, 0.1) is 0 Å². The zero-order valence-corrected chi connectivity index (χ0v) is 8.03. The Labute approximate surface area is 76.3 Å². The molecule has 0 amide bonds. The molecule has 66 valence electrons. The number of hydrogen-bond donors (Lipinski definition) is 2. The smallest absolute Gasteiger partial charge is 0.0861 e. The normalized spacial score (nSPS) is 15.1. The third-order valence-electron chi connectivity index (χ3n) is 1.04. The second-order valence-electron chi connectivity index (χ2n) is 2.31. The molecule has 11 heavy (non-hydrogen) atoms. The van der Waals surface area contributed by atoms with Crippen molar-refractivity contribution in [3.05, 3.63) is 11.1 Å². The highest BCUT2D eigenvalue weighted by Gasteiger charge is 2.00. The van der Waals surface area contributed by atoms with Crippen LogP contribution >= 0.6 is 23.4 Å². The van der Waals surface area contributed by atoms with E-state index in [1.165, 1.54) is 5.54 Å². The van der Waals surface area contributed by atoms with Gasteiger partial charge in [0.05, 0.1) is 12.7 Å². The SMILES string of the molecule is CC(=CCl)CSCC(O)CO. The van der Waals surface area contributed by atoms with E-state index in [9.17, 15) is 0 Å². The standard InChI is InChI=1S/C7H13ClO2S/c1-6(2-8)4-11-5-7(10)3-9/h2,7,9-10H,3-5H2,1H3. The van der Waals surface area contributed by atoms with Crippen LogP contribution in [-0.2, 0) is 0 Å². The number of aliphatic hydroxyl groups excluding tert-OH is 2. The Balaban J connectivity index is 3.27. The van der Waals surface area contributed by atoms with Gasteiger partial charge in [-0.25, -0.2) is 0 Å². The summed E-state index contributed by atoms with van der Waals surface area (Å²) in [5, 5.41) is 17.4. The molecule has 2 N–H and O–H groups in total.